The lowest BCUT2D eigenvalue weighted by molar-refractivity contribution is -0.116. The van der Waals surface area contributed by atoms with Gasteiger partial charge in [0.15, 0.2) is 5.82 Å². The van der Waals surface area contributed by atoms with Crippen molar-refractivity contribution in [2.24, 2.45) is 0 Å². The quantitative estimate of drug-likeness (QED) is 0.736. The number of hydrogen-bond donors (Lipinski definition) is 1. The van der Waals surface area contributed by atoms with Crippen LogP contribution in [-0.4, -0.2) is 22.2 Å². The van der Waals surface area contributed by atoms with Crippen LogP contribution in [-0.2, 0) is 11.3 Å². The number of carbonyl (C=O) groups excluding carboxylic acids is 1. The Balaban J connectivity index is 1.84. The second-order valence-electron chi connectivity index (χ2n) is 5.65. The van der Waals surface area contributed by atoms with Crippen molar-refractivity contribution < 1.29 is 14.1 Å². The second-order valence-corrected chi connectivity index (χ2v) is 5.65. The summed E-state index contributed by atoms with van der Waals surface area (Å²) in [5, 5.41) is 6.59. The Labute approximate surface area is 150 Å². The van der Waals surface area contributed by atoms with Gasteiger partial charge in [0, 0.05) is 5.56 Å². The summed E-state index contributed by atoms with van der Waals surface area (Å²) in [5.74, 6) is -0.171. The summed E-state index contributed by atoms with van der Waals surface area (Å²) >= 11 is 0. The lowest BCUT2D eigenvalue weighted by Crippen LogP contribution is -2.25. The van der Waals surface area contributed by atoms with Crippen LogP contribution >= 0.6 is 0 Å². The molecule has 0 spiro atoms. The number of nitrogens with one attached hydrogen (secondary N) is 1. The Bertz CT molecular complexity index is 975. The molecule has 0 unspecified atom stereocenters. The van der Waals surface area contributed by atoms with Gasteiger partial charge < -0.3 is 10.1 Å². The normalized spacial score (nSPS) is 10.5. The maximum atomic E-state index is 12.5. The molecular formula is C19H19N3O4. The van der Waals surface area contributed by atoms with E-state index >= 15 is 0 Å². The van der Waals surface area contributed by atoms with Gasteiger partial charge in [-0.25, -0.2) is 9.36 Å². The third-order valence-corrected chi connectivity index (χ3v) is 3.83. The summed E-state index contributed by atoms with van der Waals surface area (Å²) in [4.78, 5) is 24.5. The lowest BCUT2D eigenvalue weighted by Gasteiger charge is -2.11. The average molecular weight is 353 g/mol. The number of para-hydroxylation sites is 2. The van der Waals surface area contributed by atoms with Gasteiger partial charge in [0.1, 0.15) is 12.3 Å². The van der Waals surface area contributed by atoms with Crippen LogP contribution in [0, 0.1) is 6.92 Å². The van der Waals surface area contributed by atoms with Crippen LogP contribution in [0.1, 0.15) is 12.5 Å². The highest BCUT2D eigenvalue weighted by Gasteiger charge is 2.17. The number of ether oxygens (including phenoxy) is 1. The Morgan fingerprint density at radius 3 is 2.69 bits per heavy atom. The maximum absolute atomic E-state index is 12.5. The van der Waals surface area contributed by atoms with Gasteiger partial charge >= 0.3 is 5.76 Å². The molecule has 7 nitrogen and oxygen atoms in total. The zero-order valence-corrected chi connectivity index (χ0v) is 14.6. The van der Waals surface area contributed by atoms with E-state index in [0.717, 1.165) is 11.1 Å². The number of aryl methyl sites for hydroxylation is 1. The summed E-state index contributed by atoms with van der Waals surface area (Å²) in [6.07, 6.45) is 0. The summed E-state index contributed by atoms with van der Waals surface area (Å²) in [6, 6.07) is 14.6. The first kappa shape index (κ1) is 17.5. The van der Waals surface area contributed by atoms with E-state index in [-0.39, 0.29) is 12.5 Å². The molecule has 1 N–H and O–H groups in total. The molecule has 1 heterocycles. The van der Waals surface area contributed by atoms with E-state index in [1.54, 1.807) is 18.2 Å². The Morgan fingerprint density at radius 2 is 1.92 bits per heavy atom. The molecule has 3 aromatic rings. The number of hydrogen-bond acceptors (Lipinski definition) is 5. The minimum absolute atomic E-state index is 0.216. The number of benzene rings is 2. The van der Waals surface area contributed by atoms with Crippen molar-refractivity contribution in [1.82, 2.24) is 9.72 Å². The van der Waals surface area contributed by atoms with E-state index < -0.39 is 5.76 Å². The monoisotopic (exact) mass is 353 g/mol. The van der Waals surface area contributed by atoms with Crippen molar-refractivity contribution in [3.63, 3.8) is 0 Å². The van der Waals surface area contributed by atoms with Crippen molar-refractivity contribution in [2.45, 2.75) is 20.4 Å². The molecule has 134 valence electrons. The number of aromatic nitrogens is 2. The Hall–Kier alpha value is -3.35. The van der Waals surface area contributed by atoms with Crippen LogP contribution in [0.4, 0.5) is 5.69 Å². The molecule has 0 bridgehead atoms. The molecule has 0 aliphatic rings. The molecule has 2 aromatic carbocycles. The van der Waals surface area contributed by atoms with Gasteiger partial charge in [0.2, 0.25) is 5.91 Å². The SMILES string of the molecule is CCOc1ccccc1NC(=O)Cn1c(-c2ccccc2C)noc1=O. The average Bonchev–Trinajstić information content (AvgIpc) is 2.98. The predicted molar refractivity (Wildman–Crippen MR) is 97.2 cm³/mol. The molecule has 0 saturated heterocycles. The zero-order chi connectivity index (χ0) is 18.5. The molecular weight excluding hydrogens is 334 g/mol. The highest BCUT2D eigenvalue weighted by atomic mass is 16.5. The third kappa shape index (κ3) is 3.66. The molecule has 0 radical (unpaired) electrons. The molecule has 1 amide bonds. The third-order valence-electron chi connectivity index (χ3n) is 3.83. The van der Waals surface area contributed by atoms with Crippen LogP contribution in [0.25, 0.3) is 11.4 Å². The largest absolute Gasteiger partial charge is 0.492 e. The Morgan fingerprint density at radius 1 is 1.19 bits per heavy atom. The van der Waals surface area contributed by atoms with E-state index in [1.165, 1.54) is 4.57 Å². The molecule has 0 fully saturated rings. The van der Waals surface area contributed by atoms with Crippen LogP contribution in [0.3, 0.4) is 0 Å². The molecule has 0 aliphatic heterocycles. The first-order valence-electron chi connectivity index (χ1n) is 8.24. The molecule has 3 rings (SSSR count). The van der Waals surface area contributed by atoms with Crippen molar-refractivity contribution in [1.29, 1.82) is 0 Å². The van der Waals surface area contributed by atoms with Crippen molar-refractivity contribution >= 4 is 11.6 Å². The summed E-state index contributed by atoms with van der Waals surface area (Å²) in [7, 11) is 0. The number of amides is 1. The number of carbonyl (C=O) groups is 1. The lowest BCUT2D eigenvalue weighted by atomic mass is 10.1. The molecule has 0 atom stereocenters. The number of nitrogens with zero attached hydrogens (tertiary/aromatic N) is 2. The molecule has 1 aromatic heterocycles. The zero-order valence-electron chi connectivity index (χ0n) is 14.6. The summed E-state index contributed by atoms with van der Waals surface area (Å²) in [6.45, 7) is 4.03. The van der Waals surface area contributed by atoms with Crippen LogP contribution in [0.15, 0.2) is 57.8 Å². The van der Waals surface area contributed by atoms with E-state index in [9.17, 15) is 9.59 Å². The van der Waals surface area contributed by atoms with Crippen LogP contribution < -0.4 is 15.8 Å². The maximum Gasteiger partial charge on any atom is 0.442 e. The first-order chi connectivity index (χ1) is 12.6. The fourth-order valence-corrected chi connectivity index (χ4v) is 2.61. The van der Waals surface area contributed by atoms with Crippen LogP contribution in [0.2, 0.25) is 0 Å². The standard InChI is InChI=1S/C19H19N3O4/c1-3-25-16-11-7-6-10-15(16)20-17(23)12-22-18(21-26-19(22)24)14-9-5-4-8-13(14)2/h4-11H,3,12H2,1-2H3,(H,20,23). The highest BCUT2D eigenvalue weighted by Crippen LogP contribution is 2.24. The second kappa shape index (κ2) is 7.69. The fraction of sp³-hybridized carbons (Fsp3) is 0.211. The minimum atomic E-state index is -0.684. The van der Waals surface area contributed by atoms with Gasteiger partial charge in [-0.05, 0) is 31.5 Å². The molecule has 26 heavy (non-hydrogen) atoms. The number of anilines is 1. The number of rotatable bonds is 6. The molecule has 0 aliphatic carbocycles. The minimum Gasteiger partial charge on any atom is -0.492 e. The van der Waals surface area contributed by atoms with E-state index in [0.29, 0.717) is 23.9 Å². The fourth-order valence-electron chi connectivity index (χ4n) is 2.61. The summed E-state index contributed by atoms with van der Waals surface area (Å²) < 4.78 is 11.5. The van der Waals surface area contributed by atoms with Gasteiger partial charge in [0.25, 0.3) is 0 Å². The van der Waals surface area contributed by atoms with Crippen molar-refractivity contribution in [3.8, 4) is 17.1 Å². The van der Waals surface area contributed by atoms with E-state index in [2.05, 4.69) is 10.5 Å². The van der Waals surface area contributed by atoms with Crippen molar-refractivity contribution in [2.75, 3.05) is 11.9 Å². The predicted octanol–water partition coefficient (Wildman–Crippen LogP) is 2.85. The molecule has 0 saturated carbocycles. The molecule has 7 heteroatoms. The highest BCUT2D eigenvalue weighted by molar-refractivity contribution is 5.92. The van der Waals surface area contributed by atoms with Gasteiger partial charge in [0.05, 0.1) is 12.3 Å². The van der Waals surface area contributed by atoms with E-state index in [4.69, 9.17) is 9.26 Å². The van der Waals surface area contributed by atoms with E-state index in [1.807, 2.05) is 44.2 Å². The smallest absolute Gasteiger partial charge is 0.442 e. The topological polar surface area (TPSA) is 86.4 Å². The van der Waals surface area contributed by atoms with Gasteiger partial charge in [-0.15, -0.1) is 0 Å². The van der Waals surface area contributed by atoms with Gasteiger partial charge in [-0.1, -0.05) is 41.6 Å². The Kier molecular flexibility index (Phi) is 5.17. The summed E-state index contributed by atoms with van der Waals surface area (Å²) in [5.41, 5.74) is 2.21. The van der Waals surface area contributed by atoms with Gasteiger partial charge in [-0.3, -0.25) is 9.32 Å². The van der Waals surface area contributed by atoms with Gasteiger partial charge in [-0.2, -0.15) is 0 Å². The van der Waals surface area contributed by atoms with Crippen LogP contribution in [0.5, 0.6) is 5.75 Å². The first-order valence-corrected chi connectivity index (χ1v) is 8.24. The van der Waals surface area contributed by atoms with Crippen molar-refractivity contribution in [3.05, 3.63) is 64.6 Å².